The van der Waals surface area contributed by atoms with Crippen LogP contribution in [0.3, 0.4) is 0 Å². The molecule has 0 bridgehead atoms. The zero-order chi connectivity index (χ0) is 35.1. The molecular formula is C40H50N6O4S2. The van der Waals surface area contributed by atoms with Crippen LogP contribution in [-0.2, 0) is 9.47 Å². The van der Waals surface area contributed by atoms with E-state index in [9.17, 15) is 9.59 Å². The van der Waals surface area contributed by atoms with Crippen LogP contribution >= 0.6 is 27.0 Å². The zero-order valence-corrected chi connectivity index (χ0v) is 32.9. The topological polar surface area (TPSA) is 116 Å². The number of aromatic nitrogens is 4. The largest absolute Gasteiger partial charge is 0.444 e. The number of rotatable bonds is 3. The molecule has 4 aliphatic rings. The number of imidazole rings is 2. The first-order valence-electron chi connectivity index (χ1n) is 17.8. The third-order valence-corrected chi connectivity index (χ3v) is 10.5. The number of benzene rings is 2. The maximum absolute atomic E-state index is 13.1. The molecule has 4 fully saturated rings. The molecule has 2 aliphatic carbocycles. The minimum Gasteiger partial charge on any atom is -0.444 e. The predicted octanol–water partition coefficient (Wildman–Crippen LogP) is 8.50. The van der Waals surface area contributed by atoms with Crippen molar-refractivity contribution in [2.45, 2.75) is 103 Å². The van der Waals surface area contributed by atoms with Crippen LogP contribution in [0.25, 0.3) is 22.3 Å². The Morgan fingerprint density at radius 1 is 0.750 bits per heavy atom. The van der Waals surface area contributed by atoms with Gasteiger partial charge in [-0.2, -0.15) is 27.0 Å². The van der Waals surface area contributed by atoms with E-state index in [1.807, 2.05) is 100 Å². The third-order valence-electron chi connectivity index (χ3n) is 10.5. The van der Waals surface area contributed by atoms with Gasteiger partial charge in [-0.3, -0.25) is 9.80 Å². The lowest BCUT2D eigenvalue weighted by atomic mass is 10.0. The number of carbonyl (C=O) groups excluding carboxylic acids is 2. The maximum atomic E-state index is 13.1. The molecule has 2 saturated heterocycles. The third kappa shape index (κ3) is 7.81. The number of aromatic amines is 2. The van der Waals surface area contributed by atoms with E-state index in [0.29, 0.717) is 6.54 Å². The molecule has 0 unspecified atom stereocenters. The Bertz CT molecular complexity index is 2040. The lowest BCUT2D eigenvalue weighted by molar-refractivity contribution is 0.0202. The van der Waals surface area contributed by atoms with Crippen LogP contribution in [0.1, 0.15) is 115 Å². The van der Waals surface area contributed by atoms with Gasteiger partial charge in [0.15, 0.2) is 0 Å². The summed E-state index contributed by atoms with van der Waals surface area (Å²) in [5.74, 6) is 8.20. The number of nitrogens with one attached hydrogen (secondary N) is 2. The van der Waals surface area contributed by atoms with Crippen LogP contribution in [0.5, 0.6) is 0 Å². The van der Waals surface area contributed by atoms with Gasteiger partial charge in [0.1, 0.15) is 22.9 Å². The molecule has 2 atom stereocenters. The Morgan fingerprint density at radius 2 is 1.27 bits per heavy atom. The van der Waals surface area contributed by atoms with E-state index in [-0.39, 0.29) is 62.1 Å². The first-order chi connectivity index (χ1) is 23.7. The van der Waals surface area contributed by atoms with Crippen LogP contribution in [0, 0.1) is 22.7 Å². The van der Waals surface area contributed by atoms with Crippen molar-refractivity contribution < 1.29 is 19.1 Å². The number of likely N-dealkylation sites (tertiary alicyclic amines) is 2. The summed E-state index contributed by atoms with van der Waals surface area (Å²) in [6.07, 6.45) is 7.68. The predicted molar refractivity (Wildman–Crippen MR) is 211 cm³/mol. The van der Waals surface area contributed by atoms with Crippen molar-refractivity contribution in [2.75, 3.05) is 13.1 Å². The average Bonchev–Trinajstić information content (AvgIpc) is 3.65. The second kappa shape index (κ2) is 13.4. The summed E-state index contributed by atoms with van der Waals surface area (Å²) < 4.78 is 11.5. The van der Waals surface area contributed by atoms with E-state index in [2.05, 4.69) is 21.8 Å². The highest BCUT2D eigenvalue weighted by atomic mass is 32.1. The Kier molecular flexibility index (Phi) is 9.71. The minimum atomic E-state index is -0.549. The molecule has 8 rings (SSSR count). The first-order valence-corrected chi connectivity index (χ1v) is 17.8. The number of carbonyl (C=O) groups is 2. The summed E-state index contributed by atoms with van der Waals surface area (Å²) >= 11 is 0. The molecule has 2 aromatic heterocycles. The first kappa shape index (κ1) is 37.7. The molecule has 2 saturated carbocycles. The number of H-pyrrole nitrogens is 2. The smallest absolute Gasteiger partial charge is 0.410 e. The van der Waals surface area contributed by atoms with Crippen molar-refractivity contribution in [3.63, 3.8) is 0 Å². The van der Waals surface area contributed by atoms with Crippen molar-refractivity contribution in [1.82, 2.24) is 29.7 Å². The van der Waals surface area contributed by atoms with E-state index >= 15 is 0 Å². The van der Waals surface area contributed by atoms with E-state index in [1.54, 1.807) is 0 Å². The molecule has 12 heteroatoms. The van der Waals surface area contributed by atoms with Gasteiger partial charge in [0.05, 0.1) is 35.0 Å². The van der Waals surface area contributed by atoms with Gasteiger partial charge in [0.2, 0.25) is 0 Å². The minimum absolute atomic E-state index is 0. The molecular weight excluding hydrogens is 693 g/mol. The number of nitrogens with zero attached hydrogens (tertiary/aromatic N) is 4. The molecule has 2 amide bonds. The molecule has 4 aromatic rings. The Balaban J connectivity index is 0.00000232. The molecule has 276 valence electrons. The fraction of sp³-hybridized carbons (Fsp3) is 0.500. The monoisotopic (exact) mass is 742 g/mol. The Morgan fingerprint density at radius 3 is 1.81 bits per heavy atom. The van der Waals surface area contributed by atoms with Gasteiger partial charge < -0.3 is 19.4 Å². The molecule has 0 radical (unpaired) electrons. The Hall–Kier alpha value is -4.08. The molecule has 52 heavy (non-hydrogen) atoms. The number of hydrogen-bond donors (Lipinski definition) is 2. The number of ether oxygens (including phenoxy) is 2. The van der Waals surface area contributed by atoms with Gasteiger partial charge in [0.25, 0.3) is 0 Å². The van der Waals surface area contributed by atoms with Gasteiger partial charge in [-0.1, -0.05) is 24.0 Å². The van der Waals surface area contributed by atoms with Crippen molar-refractivity contribution in [3.05, 3.63) is 71.4 Å². The van der Waals surface area contributed by atoms with Gasteiger partial charge >= 0.3 is 12.2 Å². The Labute approximate surface area is 319 Å². The van der Waals surface area contributed by atoms with Crippen LogP contribution in [-0.4, -0.2) is 66.2 Å². The van der Waals surface area contributed by atoms with Crippen molar-refractivity contribution >= 4 is 50.2 Å². The summed E-state index contributed by atoms with van der Waals surface area (Å²) in [7, 11) is 0. The second-order valence-electron chi connectivity index (χ2n) is 17.0. The van der Waals surface area contributed by atoms with E-state index in [4.69, 9.17) is 19.4 Å². The second-order valence-corrected chi connectivity index (χ2v) is 17.0. The van der Waals surface area contributed by atoms with Gasteiger partial charge in [-0.05, 0) is 127 Å². The zero-order valence-electron chi connectivity index (χ0n) is 30.9. The highest BCUT2D eigenvalue weighted by Crippen LogP contribution is 2.59. The normalized spacial score (nSPS) is 21.0. The van der Waals surface area contributed by atoms with Gasteiger partial charge in [-0.25, -0.2) is 19.6 Å². The van der Waals surface area contributed by atoms with Crippen molar-refractivity contribution in [2.24, 2.45) is 10.8 Å². The van der Waals surface area contributed by atoms with Crippen LogP contribution in [0.15, 0.2) is 48.7 Å². The van der Waals surface area contributed by atoms with Gasteiger partial charge in [0, 0.05) is 24.2 Å². The summed E-state index contributed by atoms with van der Waals surface area (Å²) in [6.45, 7) is 12.8. The van der Waals surface area contributed by atoms with Crippen molar-refractivity contribution in [3.8, 4) is 23.1 Å². The van der Waals surface area contributed by atoms with E-state index in [1.165, 1.54) is 0 Å². The maximum Gasteiger partial charge on any atom is 0.410 e. The average molecular weight is 743 g/mol. The highest BCUT2D eigenvalue weighted by Gasteiger charge is 2.56. The summed E-state index contributed by atoms with van der Waals surface area (Å²) in [6, 6.07) is 13.8. The summed E-state index contributed by atoms with van der Waals surface area (Å²) in [5.41, 5.74) is 4.75. The fourth-order valence-corrected chi connectivity index (χ4v) is 7.50. The number of hydrogen-bond acceptors (Lipinski definition) is 6. The van der Waals surface area contributed by atoms with Crippen LogP contribution < -0.4 is 0 Å². The lowest BCUT2D eigenvalue weighted by Gasteiger charge is -2.27. The number of fused-ring (bicyclic) bond motifs is 1. The SMILES string of the molecule is CC(C)(C)OC(=O)N1CC2(CC2)C[C@H]1c1ncc(-c2ccc(C#Cc3ccc4nc([C@@H]5CC6(CC6)CN5C(=O)OC(C)(C)C)[nH]c4c3)cc2)[nH]1.S.S. The fourth-order valence-electron chi connectivity index (χ4n) is 7.50. The van der Waals surface area contributed by atoms with Crippen LogP contribution in [0.2, 0.25) is 0 Å². The highest BCUT2D eigenvalue weighted by molar-refractivity contribution is 7.59. The molecule has 2 spiro atoms. The summed E-state index contributed by atoms with van der Waals surface area (Å²) in [5, 5.41) is 0. The van der Waals surface area contributed by atoms with Gasteiger partial charge in [-0.15, -0.1) is 0 Å². The quantitative estimate of drug-likeness (QED) is 0.204. The summed E-state index contributed by atoms with van der Waals surface area (Å²) in [4.78, 5) is 46.5. The van der Waals surface area contributed by atoms with E-state index in [0.717, 1.165) is 90.1 Å². The molecule has 4 heterocycles. The van der Waals surface area contributed by atoms with E-state index < -0.39 is 11.2 Å². The molecule has 2 N–H and O–H groups in total. The van der Waals surface area contributed by atoms with Crippen LogP contribution in [0.4, 0.5) is 9.59 Å². The number of amides is 2. The molecule has 10 nitrogen and oxygen atoms in total. The molecule has 2 aliphatic heterocycles. The standard InChI is InChI=1S/C40H46N6O4.2H2S/c1-37(2,3)49-35(47)45-23-39(15-16-39)20-31(45)33-41-22-30(44-33)27-12-9-25(10-13-27)7-8-26-11-14-28-29(19-26)43-34(42-28)32-21-40(17-18-40)24-46(32)36(48)50-38(4,5)6;;/h9-14,19,22,31-32H,15-18,20-21,23-24H2,1-6H3,(H,41,44)(H,42,43);2*1H2/t31-,32-;;/m0../s1. The van der Waals surface area contributed by atoms with Crippen molar-refractivity contribution in [1.29, 1.82) is 0 Å². The lowest BCUT2D eigenvalue weighted by Crippen LogP contribution is -2.37. The molecule has 2 aromatic carbocycles.